The number of nitrogens with zero attached hydrogens (tertiary/aromatic N) is 1. The molecular formula is C15H15N3OS2. The number of hydrogen-bond acceptors (Lipinski definition) is 5. The average molecular weight is 317 g/mol. The lowest BCUT2D eigenvalue weighted by molar-refractivity contribution is 0.0940. The Kier molecular flexibility index (Phi) is 3.90. The molecule has 1 atom stereocenters. The lowest BCUT2D eigenvalue weighted by atomic mass is 10.1. The van der Waals surface area contributed by atoms with Crippen LogP contribution in [-0.2, 0) is 6.42 Å². The Labute approximate surface area is 130 Å². The van der Waals surface area contributed by atoms with Gasteiger partial charge in [-0.3, -0.25) is 4.79 Å². The number of nitrogen functional groups attached to an aromatic ring is 1. The minimum atomic E-state index is -0.0633. The van der Waals surface area contributed by atoms with Crippen molar-refractivity contribution in [2.75, 3.05) is 5.73 Å². The van der Waals surface area contributed by atoms with Gasteiger partial charge in [0.1, 0.15) is 0 Å². The number of carbonyl (C=O) groups is 1. The third-order valence-electron chi connectivity index (χ3n) is 3.17. The number of amides is 1. The fourth-order valence-corrected chi connectivity index (χ4v) is 3.66. The molecule has 1 amide bonds. The van der Waals surface area contributed by atoms with Gasteiger partial charge in [-0.2, -0.15) is 11.3 Å². The first-order chi connectivity index (χ1) is 10.1. The SMILES string of the molecule is CC(Cc1ccsc1)NC(=O)c1ccc2nc(N)sc2c1. The Morgan fingerprint density at radius 3 is 3.05 bits per heavy atom. The number of fused-ring (bicyclic) bond motifs is 1. The highest BCUT2D eigenvalue weighted by molar-refractivity contribution is 7.22. The van der Waals surface area contributed by atoms with Crippen molar-refractivity contribution in [3.05, 3.63) is 46.2 Å². The molecule has 6 heteroatoms. The maximum atomic E-state index is 12.3. The molecule has 4 nitrogen and oxygen atoms in total. The van der Waals surface area contributed by atoms with Crippen LogP contribution in [0.1, 0.15) is 22.8 Å². The summed E-state index contributed by atoms with van der Waals surface area (Å²) in [4.78, 5) is 16.5. The third-order valence-corrected chi connectivity index (χ3v) is 4.75. The summed E-state index contributed by atoms with van der Waals surface area (Å²) in [6.45, 7) is 2.01. The molecule has 0 fully saturated rings. The average Bonchev–Trinajstić information content (AvgIpc) is 3.05. The van der Waals surface area contributed by atoms with Crippen LogP contribution in [0.4, 0.5) is 5.13 Å². The fourth-order valence-electron chi connectivity index (χ4n) is 2.20. The number of thiazole rings is 1. The topological polar surface area (TPSA) is 68.0 Å². The third kappa shape index (κ3) is 3.22. The zero-order valence-electron chi connectivity index (χ0n) is 11.5. The Hall–Kier alpha value is -1.92. The number of benzene rings is 1. The molecule has 1 aromatic carbocycles. The highest BCUT2D eigenvalue weighted by atomic mass is 32.1. The van der Waals surface area contributed by atoms with Crippen molar-refractivity contribution in [3.8, 4) is 0 Å². The van der Waals surface area contributed by atoms with E-state index in [1.54, 1.807) is 17.4 Å². The van der Waals surface area contributed by atoms with E-state index in [1.807, 2.05) is 24.4 Å². The maximum Gasteiger partial charge on any atom is 0.251 e. The van der Waals surface area contributed by atoms with Gasteiger partial charge in [0.15, 0.2) is 5.13 Å². The van der Waals surface area contributed by atoms with Gasteiger partial charge in [0.2, 0.25) is 0 Å². The van der Waals surface area contributed by atoms with Crippen LogP contribution in [0.5, 0.6) is 0 Å². The monoisotopic (exact) mass is 317 g/mol. The van der Waals surface area contributed by atoms with E-state index in [1.165, 1.54) is 16.9 Å². The molecule has 0 aliphatic rings. The lowest BCUT2D eigenvalue weighted by Crippen LogP contribution is -2.33. The van der Waals surface area contributed by atoms with Gasteiger partial charge in [0, 0.05) is 11.6 Å². The van der Waals surface area contributed by atoms with Crippen LogP contribution in [0.15, 0.2) is 35.0 Å². The Morgan fingerprint density at radius 1 is 1.43 bits per heavy atom. The zero-order valence-corrected chi connectivity index (χ0v) is 13.1. The van der Waals surface area contributed by atoms with Gasteiger partial charge in [-0.25, -0.2) is 4.98 Å². The number of hydrogen-bond donors (Lipinski definition) is 2. The number of carbonyl (C=O) groups excluding carboxylic acids is 1. The second-order valence-corrected chi connectivity index (χ2v) is 6.79. The molecule has 3 N–H and O–H groups in total. The van der Waals surface area contributed by atoms with E-state index in [-0.39, 0.29) is 11.9 Å². The summed E-state index contributed by atoms with van der Waals surface area (Å²) in [7, 11) is 0. The molecule has 0 spiro atoms. The molecule has 21 heavy (non-hydrogen) atoms. The van der Waals surface area contributed by atoms with Crippen LogP contribution in [0, 0.1) is 0 Å². The Morgan fingerprint density at radius 2 is 2.29 bits per heavy atom. The molecule has 0 aliphatic heterocycles. The number of aromatic nitrogens is 1. The van der Waals surface area contributed by atoms with Crippen molar-refractivity contribution in [2.45, 2.75) is 19.4 Å². The number of nitrogens with two attached hydrogens (primary N) is 1. The highest BCUT2D eigenvalue weighted by Crippen LogP contribution is 2.24. The van der Waals surface area contributed by atoms with Crippen molar-refractivity contribution in [3.63, 3.8) is 0 Å². The summed E-state index contributed by atoms with van der Waals surface area (Å²) in [5.41, 5.74) is 8.41. The second kappa shape index (κ2) is 5.83. The van der Waals surface area contributed by atoms with Crippen LogP contribution in [0.25, 0.3) is 10.2 Å². The molecule has 0 saturated carbocycles. The molecule has 2 heterocycles. The van der Waals surface area contributed by atoms with E-state index in [2.05, 4.69) is 21.7 Å². The normalized spacial score (nSPS) is 12.4. The summed E-state index contributed by atoms with van der Waals surface area (Å²) < 4.78 is 0.936. The first-order valence-electron chi connectivity index (χ1n) is 6.60. The van der Waals surface area contributed by atoms with Gasteiger partial charge in [-0.15, -0.1) is 0 Å². The number of thiophene rings is 1. The quantitative estimate of drug-likeness (QED) is 0.776. The van der Waals surface area contributed by atoms with Crippen molar-refractivity contribution in [1.29, 1.82) is 0 Å². The summed E-state index contributed by atoms with van der Waals surface area (Å²) in [6, 6.07) is 7.64. The smallest absolute Gasteiger partial charge is 0.251 e. The summed E-state index contributed by atoms with van der Waals surface area (Å²) in [5, 5.41) is 7.70. The van der Waals surface area contributed by atoms with Gasteiger partial charge in [0.25, 0.3) is 5.91 Å². The van der Waals surface area contributed by atoms with E-state index in [0.717, 1.165) is 16.6 Å². The molecule has 0 aliphatic carbocycles. The molecular weight excluding hydrogens is 302 g/mol. The molecule has 2 aromatic heterocycles. The van der Waals surface area contributed by atoms with Crippen LogP contribution >= 0.6 is 22.7 Å². The van der Waals surface area contributed by atoms with Crippen molar-refractivity contribution in [2.24, 2.45) is 0 Å². The zero-order chi connectivity index (χ0) is 14.8. The van der Waals surface area contributed by atoms with Crippen molar-refractivity contribution < 1.29 is 4.79 Å². The summed E-state index contributed by atoms with van der Waals surface area (Å²) in [6.07, 6.45) is 0.838. The minimum absolute atomic E-state index is 0.0633. The molecule has 3 aromatic rings. The van der Waals surface area contributed by atoms with Crippen molar-refractivity contribution in [1.82, 2.24) is 10.3 Å². The maximum absolute atomic E-state index is 12.3. The molecule has 0 bridgehead atoms. The summed E-state index contributed by atoms with van der Waals surface area (Å²) in [5.74, 6) is -0.0633. The standard InChI is InChI=1S/C15H15N3OS2/c1-9(6-10-4-5-20-8-10)17-14(19)11-2-3-12-13(7-11)21-15(16)18-12/h2-5,7-9H,6H2,1H3,(H2,16,18)(H,17,19). The van der Waals surface area contributed by atoms with E-state index in [9.17, 15) is 4.79 Å². The molecule has 0 saturated heterocycles. The Balaban J connectivity index is 1.71. The molecule has 1 unspecified atom stereocenters. The van der Waals surface area contributed by atoms with Crippen molar-refractivity contribution >= 4 is 43.9 Å². The fraction of sp³-hybridized carbons (Fsp3) is 0.200. The van der Waals surface area contributed by atoms with Gasteiger partial charge in [0.05, 0.1) is 10.2 Å². The van der Waals surface area contributed by atoms with Crippen LogP contribution < -0.4 is 11.1 Å². The van der Waals surface area contributed by atoms with Crippen LogP contribution in [-0.4, -0.2) is 16.9 Å². The predicted octanol–water partition coefficient (Wildman–Crippen LogP) is 3.30. The lowest BCUT2D eigenvalue weighted by Gasteiger charge is -2.13. The summed E-state index contributed by atoms with van der Waals surface area (Å²) >= 11 is 3.06. The van der Waals surface area contributed by atoms with Gasteiger partial charge < -0.3 is 11.1 Å². The molecule has 3 rings (SSSR count). The second-order valence-electron chi connectivity index (χ2n) is 4.94. The Bertz CT molecular complexity index is 764. The molecule has 0 radical (unpaired) electrons. The van der Waals surface area contributed by atoms with Gasteiger partial charge >= 0.3 is 0 Å². The van der Waals surface area contributed by atoms with E-state index >= 15 is 0 Å². The van der Waals surface area contributed by atoms with E-state index < -0.39 is 0 Å². The molecule has 108 valence electrons. The van der Waals surface area contributed by atoms with E-state index in [0.29, 0.717) is 10.7 Å². The number of rotatable bonds is 4. The number of nitrogens with one attached hydrogen (secondary N) is 1. The van der Waals surface area contributed by atoms with Gasteiger partial charge in [-0.05, 0) is 53.9 Å². The largest absolute Gasteiger partial charge is 0.375 e. The van der Waals surface area contributed by atoms with Gasteiger partial charge in [-0.1, -0.05) is 11.3 Å². The first kappa shape index (κ1) is 14.0. The number of anilines is 1. The van der Waals surface area contributed by atoms with Crippen LogP contribution in [0.3, 0.4) is 0 Å². The van der Waals surface area contributed by atoms with E-state index in [4.69, 9.17) is 5.73 Å². The predicted molar refractivity (Wildman–Crippen MR) is 89.0 cm³/mol. The minimum Gasteiger partial charge on any atom is -0.375 e. The van der Waals surface area contributed by atoms with Crippen LogP contribution in [0.2, 0.25) is 0 Å². The highest BCUT2D eigenvalue weighted by Gasteiger charge is 2.12. The first-order valence-corrected chi connectivity index (χ1v) is 8.36.